The van der Waals surface area contributed by atoms with Gasteiger partial charge in [-0.25, -0.2) is 4.79 Å². The molecule has 2 heterocycles. The van der Waals surface area contributed by atoms with Crippen LogP contribution in [0.4, 0.5) is 0 Å². The molecule has 116 valence electrons. The summed E-state index contributed by atoms with van der Waals surface area (Å²) in [6.07, 6.45) is 3.79. The van der Waals surface area contributed by atoms with E-state index in [-0.39, 0.29) is 12.5 Å². The molecule has 2 aromatic rings. The second-order valence-corrected chi connectivity index (χ2v) is 5.91. The molecular weight excluding hydrogens is 280 g/mol. The van der Waals surface area contributed by atoms with E-state index in [0.29, 0.717) is 11.5 Å². The molecule has 22 heavy (non-hydrogen) atoms. The molecule has 1 aliphatic rings. The van der Waals surface area contributed by atoms with E-state index in [0.717, 1.165) is 36.8 Å². The Morgan fingerprint density at radius 1 is 1.36 bits per heavy atom. The first-order chi connectivity index (χ1) is 10.6. The summed E-state index contributed by atoms with van der Waals surface area (Å²) in [6.45, 7) is 3.46. The van der Waals surface area contributed by atoms with E-state index < -0.39 is 5.97 Å². The number of fused-ring (bicyclic) bond motifs is 1. The van der Waals surface area contributed by atoms with Crippen LogP contribution in [0.1, 0.15) is 30.1 Å². The van der Waals surface area contributed by atoms with Crippen LogP contribution in [0.2, 0.25) is 0 Å². The molecule has 5 nitrogen and oxygen atoms in total. The number of piperidine rings is 1. The van der Waals surface area contributed by atoms with Crippen LogP contribution in [0.15, 0.2) is 30.5 Å². The fourth-order valence-electron chi connectivity index (χ4n) is 2.95. The number of H-pyrrole nitrogens is 1. The second kappa shape index (κ2) is 6.22. The van der Waals surface area contributed by atoms with Crippen LogP contribution in [0.25, 0.3) is 10.9 Å². The van der Waals surface area contributed by atoms with Gasteiger partial charge in [-0.05, 0) is 24.8 Å². The van der Waals surface area contributed by atoms with Gasteiger partial charge in [0.2, 0.25) is 0 Å². The summed E-state index contributed by atoms with van der Waals surface area (Å²) in [5, 5.41) is 0.812. The maximum atomic E-state index is 12.2. The number of nitrogens with zero attached hydrogens (tertiary/aromatic N) is 1. The molecule has 0 bridgehead atoms. The fraction of sp³-hybridized carbons (Fsp3) is 0.412. The van der Waals surface area contributed by atoms with Crippen molar-refractivity contribution in [1.29, 1.82) is 0 Å². The van der Waals surface area contributed by atoms with Crippen molar-refractivity contribution in [3.05, 3.63) is 36.0 Å². The number of likely N-dealkylation sites (tertiary alicyclic amines) is 1. The highest BCUT2D eigenvalue weighted by Gasteiger charge is 2.22. The predicted octanol–water partition coefficient (Wildman–Crippen LogP) is 2.58. The minimum Gasteiger partial charge on any atom is -0.452 e. The molecule has 3 rings (SSSR count). The van der Waals surface area contributed by atoms with Gasteiger partial charge >= 0.3 is 5.97 Å². The first kappa shape index (κ1) is 14.6. The zero-order valence-corrected chi connectivity index (χ0v) is 12.7. The van der Waals surface area contributed by atoms with Gasteiger partial charge in [-0.1, -0.05) is 25.1 Å². The van der Waals surface area contributed by atoms with E-state index in [1.807, 2.05) is 24.3 Å². The van der Waals surface area contributed by atoms with Gasteiger partial charge in [0.05, 0.1) is 5.56 Å². The predicted molar refractivity (Wildman–Crippen MR) is 83.6 cm³/mol. The van der Waals surface area contributed by atoms with Gasteiger partial charge in [-0.15, -0.1) is 0 Å². The number of nitrogens with one attached hydrogen (secondary N) is 1. The van der Waals surface area contributed by atoms with E-state index >= 15 is 0 Å². The molecule has 0 radical (unpaired) electrons. The van der Waals surface area contributed by atoms with Gasteiger partial charge in [-0.3, -0.25) is 4.79 Å². The van der Waals surface area contributed by atoms with Crippen molar-refractivity contribution < 1.29 is 14.3 Å². The Morgan fingerprint density at radius 2 is 2.18 bits per heavy atom. The molecule has 1 N–H and O–H groups in total. The monoisotopic (exact) mass is 300 g/mol. The lowest BCUT2D eigenvalue weighted by Crippen LogP contribution is -2.41. The Morgan fingerprint density at radius 3 is 3.00 bits per heavy atom. The normalized spacial score (nSPS) is 18.4. The molecule has 0 unspecified atom stereocenters. The molecule has 1 aromatic carbocycles. The second-order valence-electron chi connectivity index (χ2n) is 5.91. The average Bonchev–Trinajstić information content (AvgIpc) is 2.96. The minimum absolute atomic E-state index is 0.111. The Hall–Kier alpha value is -2.30. The van der Waals surface area contributed by atoms with Crippen LogP contribution in [-0.4, -0.2) is 41.5 Å². The van der Waals surface area contributed by atoms with Crippen LogP contribution in [0.3, 0.4) is 0 Å². The minimum atomic E-state index is -0.462. The number of carbonyl (C=O) groups is 2. The summed E-state index contributed by atoms with van der Waals surface area (Å²) < 4.78 is 5.19. The van der Waals surface area contributed by atoms with Crippen molar-refractivity contribution in [2.24, 2.45) is 5.92 Å². The molecule has 1 aromatic heterocycles. The standard InChI is InChI=1S/C17H20N2O3/c1-12-5-4-8-19(10-12)16(20)11-22-17(21)14-9-18-15-7-3-2-6-13(14)15/h2-3,6-7,9,12,18H,4-5,8,10-11H2,1H3/t12-/m0/s1. The van der Waals surface area contributed by atoms with Crippen molar-refractivity contribution in [2.45, 2.75) is 19.8 Å². The molecule has 1 aliphatic heterocycles. The van der Waals surface area contributed by atoms with E-state index in [4.69, 9.17) is 4.74 Å². The zero-order chi connectivity index (χ0) is 15.5. The van der Waals surface area contributed by atoms with Crippen LogP contribution in [0, 0.1) is 5.92 Å². The van der Waals surface area contributed by atoms with Gasteiger partial charge < -0.3 is 14.6 Å². The van der Waals surface area contributed by atoms with Gasteiger partial charge in [0.25, 0.3) is 5.91 Å². The third-order valence-electron chi connectivity index (χ3n) is 4.15. The largest absolute Gasteiger partial charge is 0.452 e. The number of aromatic amines is 1. The first-order valence-corrected chi connectivity index (χ1v) is 7.66. The number of esters is 1. The van der Waals surface area contributed by atoms with E-state index in [1.54, 1.807) is 11.1 Å². The Bertz CT molecular complexity index is 692. The van der Waals surface area contributed by atoms with Crippen LogP contribution >= 0.6 is 0 Å². The van der Waals surface area contributed by atoms with Gasteiger partial charge in [0.15, 0.2) is 6.61 Å². The highest BCUT2D eigenvalue weighted by atomic mass is 16.5. The third-order valence-corrected chi connectivity index (χ3v) is 4.15. The number of carbonyl (C=O) groups excluding carboxylic acids is 2. The van der Waals surface area contributed by atoms with Crippen molar-refractivity contribution in [3.63, 3.8) is 0 Å². The smallest absolute Gasteiger partial charge is 0.340 e. The van der Waals surface area contributed by atoms with Crippen molar-refractivity contribution in [2.75, 3.05) is 19.7 Å². The number of para-hydroxylation sites is 1. The quantitative estimate of drug-likeness (QED) is 0.886. The number of aromatic nitrogens is 1. The highest BCUT2D eigenvalue weighted by Crippen LogP contribution is 2.19. The van der Waals surface area contributed by atoms with Crippen molar-refractivity contribution in [3.8, 4) is 0 Å². The molecular formula is C17H20N2O3. The maximum Gasteiger partial charge on any atom is 0.340 e. The Labute approximate surface area is 129 Å². The average molecular weight is 300 g/mol. The lowest BCUT2D eigenvalue weighted by Gasteiger charge is -2.30. The topological polar surface area (TPSA) is 62.4 Å². The number of benzene rings is 1. The molecule has 1 atom stereocenters. The lowest BCUT2D eigenvalue weighted by molar-refractivity contribution is -0.136. The van der Waals surface area contributed by atoms with Gasteiger partial charge in [0.1, 0.15) is 0 Å². The fourth-order valence-corrected chi connectivity index (χ4v) is 2.95. The molecule has 0 aliphatic carbocycles. The molecule has 1 saturated heterocycles. The Balaban J connectivity index is 1.61. The zero-order valence-electron chi connectivity index (χ0n) is 12.7. The summed E-state index contributed by atoms with van der Waals surface area (Å²) in [6, 6.07) is 7.52. The summed E-state index contributed by atoms with van der Waals surface area (Å²) in [5.74, 6) is -0.0578. The van der Waals surface area contributed by atoms with E-state index in [9.17, 15) is 9.59 Å². The van der Waals surface area contributed by atoms with Gasteiger partial charge in [-0.2, -0.15) is 0 Å². The van der Waals surface area contributed by atoms with Gasteiger partial charge in [0, 0.05) is 30.2 Å². The lowest BCUT2D eigenvalue weighted by atomic mass is 10.0. The van der Waals surface area contributed by atoms with E-state index in [1.165, 1.54) is 0 Å². The summed E-state index contributed by atoms with van der Waals surface area (Å²) in [7, 11) is 0. The van der Waals surface area contributed by atoms with Crippen molar-refractivity contribution in [1.82, 2.24) is 9.88 Å². The Kier molecular flexibility index (Phi) is 4.13. The number of ether oxygens (including phenoxy) is 1. The van der Waals surface area contributed by atoms with E-state index in [2.05, 4.69) is 11.9 Å². The van der Waals surface area contributed by atoms with Crippen LogP contribution in [0.5, 0.6) is 0 Å². The molecule has 1 fully saturated rings. The number of hydrogen-bond donors (Lipinski definition) is 1. The summed E-state index contributed by atoms with van der Waals surface area (Å²) in [5.41, 5.74) is 1.35. The molecule has 0 spiro atoms. The highest BCUT2D eigenvalue weighted by molar-refractivity contribution is 6.04. The molecule has 5 heteroatoms. The first-order valence-electron chi connectivity index (χ1n) is 7.66. The summed E-state index contributed by atoms with van der Waals surface area (Å²) >= 11 is 0. The third kappa shape index (κ3) is 2.98. The number of amides is 1. The molecule has 1 amide bonds. The van der Waals surface area contributed by atoms with Crippen LogP contribution < -0.4 is 0 Å². The number of hydrogen-bond acceptors (Lipinski definition) is 3. The number of rotatable bonds is 3. The van der Waals surface area contributed by atoms with Crippen LogP contribution in [-0.2, 0) is 9.53 Å². The maximum absolute atomic E-state index is 12.2. The summed E-state index contributed by atoms with van der Waals surface area (Å²) in [4.78, 5) is 29.1. The molecule has 0 saturated carbocycles. The SMILES string of the molecule is C[C@H]1CCCN(C(=O)COC(=O)c2c[nH]c3ccccc23)C1. The van der Waals surface area contributed by atoms with Crippen molar-refractivity contribution >= 4 is 22.8 Å².